The number of para-hydroxylation sites is 1. The summed E-state index contributed by atoms with van der Waals surface area (Å²) in [5.74, 6) is 0. The van der Waals surface area contributed by atoms with Crippen molar-refractivity contribution < 1.29 is 4.42 Å². The van der Waals surface area contributed by atoms with E-state index in [-0.39, 0.29) is 6.17 Å². The maximum Gasteiger partial charge on any atom is 0.145 e. The van der Waals surface area contributed by atoms with Gasteiger partial charge in [-0.2, -0.15) is 0 Å². The van der Waals surface area contributed by atoms with Crippen molar-refractivity contribution in [3.8, 4) is 0 Å². The van der Waals surface area contributed by atoms with Gasteiger partial charge in [-0.15, -0.1) is 0 Å². The number of hydrogen-bond acceptors (Lipinski definition) is 3. The second-order valence-corrected chi connectivity index (χ2v) is 8.87. The molecular weight excluding hydrogens is 428 g/mol. The number of nitrogens with one attached hydrogen (secondary N) is 1. The standard InChI is InChI=1S/C32H22N2O/c1-2-10-22(11-3-1)27-20-28(25-14-8-16-30-31(25)26-13-6-7-15-29(26)35-30)34-32(33-27)24-18-17-21-9-4-5-12-23(21)19-24/h1-20,32,34H. The molecule has 3 nitrogen and oxygen atoms in total. The summed E-state index contributed by atoms with van der Waals surface area (Å²) in [5, 5.41) is 8.40. The van der Waals surface area contributed by atoms with Crippen molar-refractivity contribution in [2.75, 3.05) is 0 Å². The Morgan fingerprint density at radius 3 is 2.34 bits per heavy atom. The van der Waals surface area contributed by atoms with Crippen molar-refractivity contribution in [2.24, 2.45) is 4.99 Å². The van der Waals surface area contributed by atoms with Gasteiger partial charge in [-0.05, 0) is 46.2 Å². The molecule has 2 heterocycles. The minimum Gasteiger partial charge on any atom is -0.456 e. The second-order valence-electron chi connectivity index (χ2n) is 8.87. The molecule has 0 fully saturated rings. The van der Waals surface area contributed by atoms with E-state index in [1.165, 1.54) is 10.8 Å². The Labute approximate surface area is 203 Å². The van der Waals surface area contributed by atoms with E-state index in [1.54, 1.807) is 0 Å². The van der Waals surface area contributed by atoms with Crippen molar-refractivity contribution in [1.29, 1.82) is 0 Å². The lowest BCUT2D eigenvalue weighted by Gasteiger charge is -2.25. The van der Waals surface area contributed by atoms with Crippen LogP contribution in [0.25, 0.3) is 38.4 Å². The van der Waals surface area contributed by atoms with Gasteiger partial charge in [0.2, 0.25) is 0 Å². The van der Waals surface area contributed by atoms with Gasteiger partial charge < -0.3 is 9.73 Å². The van der Waals surface area contributed by atoms with Crippen molar-refractivity contribution in [1.82, 2.24) is 5.32 Å². The molecule has 1 aliphatic heterocycles. The Morgan fingerprint density at radius 2 is 1.43 bits per heavy atom. The van der Waals surface area contributed by atoms with E-state index in [2.05, 4.69) is 102 Å². The van der Waals surface area contributed by atoms with E-state index in [0.29, 0.717) is 0 Å². The molecule has 35 heavy (non-hydrogen) atoms. The Kier molecular flexibility index (Phi) is 4.52. The molecule has 1 atom stereocenters. The van der Waals surface area contributed by atoms with E-state index in [4.69, 9.17) is 9.41 Å². The Balaban J connectivity index is 1.42. The molecule has 1 unspecified atom stereocenters. The summed E-state index contributed by atoms with van der Waals surface area (Å²) in [6.45, 7) is 0. The van der Waals surface area contributed by atoms with Crippen LogP contribution in [0.5, 0.6) is 0 Å². The summed E-state index contributed by atoms with van der Waals surface area (Å²) < 4.78 is 6.17. The normalized spacial score (nSPS) is 15.7. The van der Waals surface area contributed by atoms with Crippen LogP contribution >= 0.6 is 0 Å². The second kappa shape index (κ2) is 8.00. The third kappa shape index (κ3) is 3.41. The lowest BCUT2D eigenvalue weighted by molar-refractivity contribution is 0.663. The molecule has 0 amide bonds. The first kappa shape index (κ1) is 19.8. The van der Waals surface area contributed by atoms with Gasteiger partial charge in [0.1, 0.15) is 17.3 Å². The highest BCUT2D eigenvalue weighted by atomic mass is 16.3. The van der Waals surface area contributed by atoms with Crippen molar-refractivity contribution in [3.63, 3.8) is 0 Å². The highest BCUT2D eigenvalue weighted by Crippen LogP contribution is 2.36. The summed E-state index contributed by atoms with van der Waals surface area (Å²) >= 11 is 0. The van der Waals surface area contributed by atoms with Crippen LogP contribution < -0.4 is 5.32 Å². The summed E-state index contributed by atoms with van der Waals surface area (Å²) in [4.78, 5) is 5.14. The predicted molar refractivity (Wildman–Crippen MR) is 145 cm³/mol. The lowest BCUT2D eigenvalue weighted by atomic mass is 9.98. The molecule has 0 saturated carbocycles. The zero-order chi connectivity index (χ0) is 23.2. The Bertz CT molecular complexity index is 1780. The summed E-state index contributed by atoms with van der Waals surface area (Å²) in [6.07, 6.45) is 1.95. The van der Waals surface area contributed by atoms with Crippen LogP contribution in [0, 0.1) is 0 Å². The smallest absolute Gasteiger partial charge is 0.145 e. The molecule has 1 aromatic heterocycles. The van der Waals surface area contributed by atoms with Crippen molar-refractivity contribution in [2.45, 2.75) is 6.17 Å². The Hall–Kier alpha value is -4.63. The van der Waals surface area contributed by atoms with Crippen LogP contribution in [-0.4, -0.2) is 5.71 Å². The van der Waals surface area contributed by atoms with Crippen LogP contribution in [0.3, 0.4) is 0 Å². The minimum atomic E-state index is -0.205. The highest BCUT2D eigenvalue weighted by molar-refractivity contribution is 6.16. The summed E-state index contributed by atoms with van der Waals surface area (Å²) in [6, 6.07) is 39.9. The van der Waals surface area contributed by atoms with Crippen LogP contribution in [-0.2, 0) is 0 Å². The number of rotatable bonds is 3. The fourth-order valence-corrected chi connectivity index (χ4v) is 4.99. The molecule has 6 aromatic rings. The molecule has 5 aromatic carbocycles. The van der Waals surface area contributed by atoms with Crippen molar-refractivity contribution >= 4 is 44.1 Å². The molecule has 0 radical (unpaired) electrons. The number of furan rings is 1. The summed E-state index contributed by atoms with van der Waals surface area (Å²) in [7, 11) is 0. The average Bonchev–Trinajstić information content (AvgIpc) is 3.32. The number of hydrogen-bond donors (Lipinski definition) is 1. The third-order valence-corrected chi connectivity index (χ3v) is 6.69. The number of fused-ring (bicyclic) bond motifs is 4. The molecule has 0 bridgehead atoms. The van der Waals surface area contributed by atoms with Gasteiger partial charge in [0, 0.05) is 22.0 Å². The van der Waals surface area contributed by atoms with Crippen LogP contribution in [0.4, 0.5) is 0 Å². The third-order valence-electron chi connectivity index (χ3n) is 6.69. The van der Waals surface area contributed by atoms with Gasteiger partial charge in [-0.3, -0.25) is 4.99 Å². The first-order chi connectivity index (χ1) is 17.3. The molecule has 7 rings (SSSR count). The van der Waals surface area contributed by atoms with E-state index in [9.17, 15) is 0 Å². The van der Waals surface area contributed by atoms with E-state index in [1.807, 2.05) is 24.3 Å². The molecule has 3 heteroatoms. The first-order valence-corrected chi connectivity index (χ1v) is 11.8. The fourth-order valence-electron chi connectivity index (χ4n) is 4.99. The van der Waals surface area contributed by atoms with Gasteiger partial charge in [0.05, 0.1) is 5.71 Å². The summed E-state index contributed by atoms with van der Waals surface area (Å²) in [5.41, 5.74) is 7.12. The first-order valence-electron chi connectivity index (χ1n) is 11.8. The lowest BCUT2D eigenvalue weighted by Crippen LogP contribution is -2.25. The fraction of sp³-hybridized carbons (Fsp3) is 0.0312. The molecule has 0 spiro atoms. The quantitative estimate of drug-likeness (QED) is 0.298. The topological polar surface area (TPSA) is 37.5 Å². The molecule has 0 saturated heterocycles. The number of allylic oxidation sites excluding steroid dienone is 1. The van der Waals surface area contributed by atoms with Gasteiger partial charge in [0.25, 0.3) is 0 Å². The van der Waals surface area contributed by atoms with Crippen molar-refractivity contribution in [3.05, 3.63) is 138 Å². The van der Waals surface area contributed by atoms with Gasteiger partial charge >= 0.3 is 0 Å². The van der Waals surface area contributed by atoms with E-state index < -0.39 is 0 Å². The molecule has 0 aliphatic carbocycles. The molecule has 1 aliphatic rings. The van der Waals surface area contributed by atoms with E-state index in [0.717, 1.165) is 50.0 Å². The Morgan fingerprint density at radius 1 is 0.657 bits per heavy atom. The van der Waals surface area contributed by atoms with Crippen LogP contribution in [0.1, 0.15) is 22.9 Å². The maximum absolute atomic E-state index is 6.17. The van der Waals surface area contributed by atoms with Gasteiger partial charge in [-0.1, -0.05) is 97.1 Å². The van der Waals surface area contributed by atoms with Crippen LogP contribution in [0.2, 0.25) is 0 Å². The number of benzene rings is 5. The van der Waals surface area contributed by atoms with E-state index >= 15 is 0 Å². The molecular formula is C32H22N2O. The number of nitrogens with zero attached hydrogens (tertiary/aromatic N) is 1. The average molecular weight is 451 g/mol. The maximum atomic E-state index is 6.17. The molecule has 1 N–H and O–H groups in total. The monoisotopic (exact) mass is 450 g/mol. The van der Waals surface area contributed by atoms with Gasteiger partial charge in [-0.25, -0.2) is 0 Å². The SMILES string of the molecule is C1=C(c2cccc3oc4ccccc4c23)NC(c2ccc3ccccc3c2)N=C1c1ccccc1. The zero-order valence-corrected chi connectivity index (χ0v) is 19.0. The highest BCUT2D eigenvalue weighted by Gasteiger charge is 2.22. The van der Waals surface area contributed by atoms with Crippen LogP contribution in [0.15, 0.2) is 131 Å². The molecule has 166 valence electrons. The van der Waals surface area contributed by atoms with Gasteiger partial charge in [0.15, 0.2) is 0 Å². The predicted octanol–water partition coefficient (Wildman–Crippen LogP) is 7.87. The largest absolute Gasteiger partial charge is 0.456 e. The number of aliphatic imine (C=N–C) groups is 1. The minimum absolute atomic E-state index is 0.205. The zero-order valence-electron chi connectivity index (χ0n) is 19.0.